The van der Waals surface area contributed by atoms with E-state index in [9.17, 15) is 0 Å². The highest BCUT2D eigenvalue weighted by atomic mass is 16.5. The summed E-state index contributed by atoms with van der Waals surface area (Å²) in [5, 5.41) is 11.3. The van der Waals surface area contributed by atoms with Crippen LogP contribution in [0.2, 0.25) is 0 Å². The number of aromatic nitrogens is 6. The molecule has 9 heteroatoms. The number of hydrogen-bond acceptors (Lipinski definition) is 8. The van der Waals surface area contributed by atoms with E-state index in [1.54, 1.807) is 12.4 Å². The van der Waals surface area contributed by atoms with Gasteiger partial charge in [-0.3, -0.25) is 10.1 Å². The van der Waals surface area contributed by atoms with Crippen molar-refractivity contribution in [2.45, 2.75) is 6.54 Å². The number of morpholine rings is 1. The molecule has 0 spiro atoms. The minimum atomic E-state index is 0.523. The Labute approximate surface area is 167 Å². The summed E-state index contributed by atoms with van der Waals surface area (Å²) in [6.45, 7) is 3.37. The molecule has 0 amide bonds. The molecule has 0 unspecified atom stereocenters. The maximum absolute atomic E-state index is 5.46. The number of H-pyrrole nitrogens is 1. The van der Waals surface area contributed by atoms with Gasteiger partial charge in [0.25, 0.3) is 0 Å². The molecule has 146 valence electrons. The molecular weight excluding hydrogens is 368 g/mol. The van der Waals surface area contributed by atoms with Crippen LogP contribution in [-0.2, 0) is 11.3 Å². The van der Waals surface area contributed by atoms with Crippen LogP contribution in [0.5, 0.6) is 0 Å². The molecule has 4 aromatic rings. The zero-order valence-corrected chi connectivity index (χ0v) is 15.7. The normalized spacial score (nSPS) is 14.3. The number of nitrogens with one attached hydrogen (secondary N) is 2. The van der Waals surface area contributed by atoms with Gasteiger partial charge in [-0.2, -0.15) is 20.1 Å². The fraction of sp³-hybridized carbons (Fsp3) is 0.250. The van der Waals surface area contributed by atoms with Gasteiger partial charge in [-0.05, 0) is 30.3 Å². The van der Waals surface area contributed by atoms with E-state index in [0.29, 0.717) is 37.5 Å². The van der Waals surface area contributed by atoms with Crippen molar-refractivity contribution in [3.8, 4) is 11.4 Å². The predicted molar refractivity (Wildman–Crippen MR) is 110 cm³/mol. The molecule has 1 aliphatic rings. The molecule has 4 heterocycles. The van der Waals surface area contributed by atoms with E-state index in [1.807, 2.05) is 36.4 Å². The summed E-state index contributed by atoms with van der Waals surface area (Å²) >= 11 is 0. The SMILES string of the molecule is c1ccc(CNc2nc(-c3ccc4[nH]ncc4c3)nc(N3CCOCC3)n2)nc1. The molecule has 0 aliphatic carbocycles. The first-order chi connectivity index (χ1) is 14.3. The lowest BCUT2D eigenvalue weighted by Crippen LogP contribution is -2.37. The van der Waals surface area contributed by atoms with Crippen molar-refractivity contribution >= 4 is 22.8 Å². The van der Waals surface area contributed by atoms with E-state index in [0.717, 1.165) is 35.2 Å². The predicted octanol–water partition coefficient (Wildman–Crippen LogP) is 2.26. The second-order valence-corrected chi connectivity index (χ2v) is 6.73. The molecule has 0 atom stereocenters. The first-order valence-electron chi connectivity index (χ1n) is 9.51. The first kappa shape index (κ1) is 17.5. The highest BCUT2D eigenvalue weighted by molar-refractivity contribution is 5.82. The van der Waals surface area contributed by atoms with Crippen LogP contribution in [0.4, 0.5) is 11.9 Å². The van der Waals surface area contributed by atoms with Gasteiger partial charge in [0.1, 0.15) is 0 Å². The van der Waals surface area contributed by atoms with Crippen LogP contribution in [0.15, 0.2) is 48.8 Å². The van der Waals surface area contributed by atoms with Gasteiger partial charge in [-0.25, -0.2) is 0 Å². The van der Waals surface area contributed by atoms with Crippen molar-refractivity contribution in [3.05, 3.63) is 54.5 Å². The molecule has 0 radical (unpaired) electrons. The highest BCUT2D eigenvalue weighted by Gasteiger charge is 2.17. The number of benzene rings is 1. The standard InChI is InChI=1S/C20H20N8O/c1-2-6-21-16(3-1)13-22-19-24-18(14-4-5-17-15(11-14)12-23-27-17)25-20(26-19)28-7-9-29-10-8-28/h1-6,11-12H,7-10,13H2,(H,23,27)(H,22,24,25,26). The summed E-state index contributed by atoms with van der Waals surface area (Å²) in [6.07, 6.45) is 3.57. The Morgan fingerprint density at radius 2 is 2.00 bits per heavy atom. The number of ether oxygens (including phenoxy) is 1. The smallest absolute Gasteiger partial charge is 0.230 e. The van der Waals surface area contributed by atoms with Gasteiger partial charge in [0.05, 0.1) is 37.2 Å². The molecule has 9 nitrogen and oxygen atoms in total. The summed E-state index contributed by atoms with van der Waals surface area (Å²) in [4.78, 5) is 20.5. The summed E-state index contributed by atoms with van der Waals surface area (Å²) < 4.78 is 5.46. The number of nitrogens with zero attached hydrogens (tertiary/aromatic N) is 6. The van der Waals surface area contributed by atoms with Crippen LogP contribution in [-0.4, -0.2) is 56.4 Å². The average molecular weight is 388 g/mol. The van der Waals surface area contributed by atoms with Gasteiger partial charge < -0.3 is 15.0 Å². The van der Waals surface area contributed by atoms with Crippen LogP contribution in [0.25, 0.3) is 22.3 Å². The van der Waals surface area contributed by atoms with E-state index in [2.05, 4.69) is 35.4 Å². The second-order valence-electron chi connectivity index (χ2n) is 6.73. The Kier molecular flexibility index (Phi) is 4.71. The zero-order valence-electron chi connectivity index (χ0n) is 15.7. The van der Waals surface area contributed by atoms with Crippen molar-refractivity contribution in [2.75, 3.05) is 36.5 Å². The lowest BCUT2D eigenvalue weighted by Gasteiger charge is -2.27. The Morgan fingerprint density at radius 1 is 1.07 bits per heavy atom. The van der Waals surface area contributed by atoms with Crippen LogP contribution in [0, 0.1) is 0 Å². The largest absolute Gasteiger partial charge is 0.378 e. The van der Waals surface area contributed by atoms with Gasteiger partial charge in [0.2, 0.25) is 11.9 Å². The average Bonchev–Trinajstić information content (AvgIpc) is 3.27. The van der Waals surface area contributed by atoms with Crippen LogP contribution < -0.4 is 10.2 Å². The first-order valence-corrected chi connectivity index (χ1v) is 9.51. The Hall–Kier alpha value is -3.59. The van der Waals surface area contributed by atoms with Crippen LogP contribution in [0.3, 0.4) is 0 Å². The molecule has 1 aliphatic heterocycles. The minimum Gasteiger partial charge on any atom is -0.378 e. The minimum absolute atomic E-state index is 0.523. The van der Waals surface area contributed by atoms with Crippen molar-refractivity contribution in [1.82, 2.24) is 30.1 Å². The van der Waals surface area contributed by atoms with E-state index in [1.165, 1.54) is 0 Å². The number of hydrogen-bond donors (Lipinski definition) is 2. The number of anilines is 2. The Morgan fingerprint density at radius 3 is 2.86 bits per heavy atom. The molecule has 0 saturated carbocycles. The summed E-state index contributed by atoms with van der Waals surface area (Å²) in [7, 11) is 0. The maximum Gasteiger partial charge on any atom is 0.230 e. The van der Waals surface area contributed by atoms with Crippen molar-refractivity contribution < 1.29 is 4.74 Å². The van der Waals surface area contributed by atoms with E-state index in [4.69, 9.17) is 9.72 Å². The molecule has 2 N–H and O–H groups in total. The molecule has 1 fully saturated rings. The maximum atomic E-state index is 5.46. The third kappa shape index (κ3) is 3.85. The second kappa shape index (κ2) is 7.80. The third-order valence-corrected chi connectivity index (χ3v) is 4.77. The van der Waals surface area contributed by atoms with Crippen LogP contribution >= 0.6 is 0 Å². The highest BCUT2D eigenvalue weighted by Crippen LogP contribution is 2.23. The number of pyridine rings is 1. The van der Waals surface area contributed by atoms with Gasteiger partial charge >= 0.3 is 0 Å². The van der Waals surface area contributed by atoms with Gasteiger partial charge in [-0.15, -0.1) is 0 Å². The molecule has 5 rings (SSSR count). The van der Waals surface area contributed by atoms with E-state index < -0.39 is 0 Å². The monoisotopic (exact) mass is 388 g/mol. The fourth-order valence-electron chi connectivity index (χ4n) is 3.23. The van der Waals surface area contributed by atoms with Gasteiger partial charge in [-0.1, -0.05) is 6.07 Å². The number of rotatable bonds is 5. The number of aromatic amines is 1. The van der Waals surface area contributed by atoms with Crippen molar-refractivity contribution in [1.29, 1.82) is 0 Å². The Balaban J connectivity index is 1.50. The molecule has 1 aromatic carbocycles. The lowest BCUT2D eigenvalue weighted by atomic mass is 10.1. The summed E-state index contributed by atoms with van der Waals surface area (Å²) in [5.74, 6) is 1.79. The topological polar surface area (TPSA) is 105 Å². The van der Waals surface area contributed by atoms with Gasteiger partial charge in [0.15, 0.2) is 5.82 Å². The quantitative estimate of drug-likeness (QED) is 0.536. The molecule has 3 aromatic heterocycles. The molecule has 1 saturated heterocycles. The molecular formula is C20H20N8O. The van der Waals surface area contributed by atoms with Gasteiger partial charge in [0, 0.05) is 30.2 Å². The molecule has 0 bridgehead atoms. The summed E-state index contributed by atoms with van der Waals surface area (Å²) in [6, 6.07) is 11.8. The third-order valence-electron chi connectivity index (χ3n) is 4.77. The number of fused-ring (bicyclic) bond motifs is 1. The summed E-state index contributed by atoms with van der Waals surface area (Å²) in [5.41, 5.74) is 2.81. The lowest BCUT2D eigenvalue weighted by molar-refractivity contribution is 0.122. The van der Waals surface area contributed by atoms with E-state index >= 15 is 0 Å². The molecule has 29 heavy (non-hydrogen) atoms. The fourth-order valence-corrected chi connectivity index (χ4v) is 3.23. The Bertz CT molecular complexity index is 1110. The van der Waals surface area contributed by atoms with E-state index in [-0.39, 0.29) is 0 Å². The van der Waals surface area contributed by atoms with Crippen molar-refractivity contribution in [2.24, 2.45) is 0 Å². The van der Waals surface area contributed by atoms with Crippen LogP contribution in [0.1, 0.15) is 5.69 Å². The van der Waals surface area contributed by atoms with Crippen molar-refractivity contribution in [3.63, 3.8) is 0 Å². The zero-order chi connectivity index (χ0) is 19.5.